The van der Waals surface area contributed by atoms with Gasteiger partial charge in [-0.2, -0.15) is 0 Å². The molecule has 1 heterocycles. The second-order valence-corrected chi connectivity index (χ2v) is 10.5. The summed E-state index contributed by atoms with van der Waals surface area (Å²) in [7, 11) is 1.40. The quantitative estimate of drug-likeness (QED) is 0.176. The standard InChI is InChI=1S/C34H34FN3O5.ClH/c1-23-7-5-6-20-37(23)30-8-3-4-9-31(30)38(33(39)22-24-10-19-29(34(40)41)32(21-24)42-2)36-26-13-17-28(18-14-26)43-27-15-11-25(35)12-16-27;/h3-4,8-19,21,23,36H,5-7,20,22H2,1-2H3,(H,40,41);1H. The highest BCUT2D eigenvalue weighted by Gasteiger charge is 2.26. The Kier molecular flexibility index (Phi) is 10.7. The van der Waals surface area contributed by atoms with Crippen LogP contribution in [-0.4, -0.2) is 36.7 Å². The number of para-hydroxylation sites is 2. The van der Waals surface area contributed by atoms with E-state index in [2.05, 4.69) is 17.2 Å². The van der Waals surface area contributed by atoms with Gasteiger partial charge in [0.25, 0.3) is 0 Å². The van der Waals surface area contributed by atoms with Crippen molar-refractivity contribution in [2.24, 2.45) is 0 Å². The predicted octanol–water partition coefficient (Wildman–Crippen LogP) is 7.73. The molecule has 1 amide bonds. The monoisotopic (exact) mass is 619 g/mol. The van der Waals surface area contributed by atoms with Crippen LogP contribution in [0.3, 0.4) is 0 Å². The predicted molar refractivity (Wildman–Crippen MR) is 172 cm³/mol. The van der Waals surface area contributed by atoms with E-state index in [1.165, 1.54) is 31.7 Å². The van der Waals surface area contributed by atoms with Gasteiger partial charge >= 0.3 is 5.97 Å². The lowest BCUT2D eigenvalue weighted by Gasteiger charge is -2.38. The molecule has 1 fully saturated rings. The summed E-state index contributed by atoms with van der Waals surface area (Å²) in [6, 6.07) is 25.7. The first-order valence-electron chi connectivity index (χ1n) is 14.2. The molecular weight excluding hydrogens is 585 g/mol. The van der Waals surface area contributed by atoms with Crippen molar-refractivity contribution in [3.8, 4) is 17.2 Å². The van der Waals surface area contributed by atoms with Gasteiger partial charge in [0, 0.05) is 12.6 Å². The van der Waals surface area contributed by atoms with Crippen molar-refractivity contribution in [3.05, 3.63) is 108 Å². The van der Waals surface area contributed by atoms with Crippen LogP contribution in [0.15, 0.2) is 91.0 Å². The molecule has 8 nitrogen and oxygen atoms in total. The fraction of sp³-hybridized carbons (Fsp3) is 0.235. The molecule has 4 aromatic carbocycles. The van der Waals surface area contributed by atoms with Crippen LogP contribution in [-0.2, 0) is 11.2 Å². The number of halogens is 2. The first kappa shape index (κ1) is 32.2. The van der Waals surface area contributed by atoms with Crippen molar-refractivity contribution in [3.63, 3.8) is 0 Å². The number of hydrazine groups is 1. The Morgan fingerprint density at radius 1 is 0.977 bits per heavy atom. The van der Waals surface area contributed by atoms with Crippen molar-refractivity contribution in [1.29, 1.82) is 0 Å². The van der Waals surface area contributed by atoms with Gasteiger partial charge in [0.1, 0.15) is 28.6 Å². The molecule has 4 aromatic rings. The number of anilines is 3. The number of methoxy groups -OCH3 is 1. The summed E-state index contributed by atoms with van der Waals surface area (Å²) in [5.41, 5.74) is 6.25. The van der Waals surface area contributed by atoms with Gasteiger partial charge in [-0.1, -0.05) is 18.2 Å². The van der Waals surface area contributed by atoms with E-state index in [9.17, 15) is 19.1 Å². The van der Waals surface area contributed by atoms with E-state index >= 15 is 0 Å². The van der Waals surface area contributed by atoms with Crippen LogP contribution in [0.2, 0.25) is 0 Å². The molecule has 230 valence electrons. The summed E-state index contributed by atoms with van der Waals surface area (Å²) in [6.07, 6.45) is 3.31. The van der Waals surface area contributed by atoms with Crippen LogP contribution < -0.4 is 24.8 Å². The van der Waals surface area contributed by atoms with Crippen molar-refractivity contribution in [1.82, 2.24) is 0 Å². The molecule has 1 unspecified atom stereocenters. The molecule has 0 spiro atoms. The number of carboxylic acids is 1. The van der Waals surface area contributed by atoms with Gasteiger partial charge < -0.3 is 19.5 Å². The maximum Gasteiger partial charge on any atom is 0.339 e. The Bertz CT molecular complexity index is 1580. The number of benzene rings is 4. The average molecular weight is 620 g/mol. The van der Waals surface area contributed by atoms with Crippen molar-refractivity contribution in [2.45, 2.75) is 38.6 Å². The highest BCUT2D eigenvalue weighted by molar-refractivity contribution is 6.00. The van der Waals surface area contributed by atoms with E-state index in [1.807, 2.05) is 24.3 Å². The van der Waals surface area contributed by atoms with Crippen LogP contribution in [0, 0.1) is 5.82 Å². The molecule has 5 rings (SSSR count). The fourth-order valence-corrected chi connectivity index (χ4v) is 5.25. The largest absolute Gasteiger partial charge is 0.496 e. The topological polar surface area (TPSA) is 91.3 Å². The van der Waals surface area contributed by atoms with Gasteiger partial charge in [0.15, 0.2) is 0 Å². The van der Waals surface area contributed by atoms with E-state index in [1.54, 1.807) is 53.5 Å². The molecule has 1 saturated heterocycles. The van der Waals surface area contributed by atoms with Crippen molar-refractivity contribution in [2.75, 3.05) is 29.0 Å². The number of carbonyl (C=O) groups excluding carboxylic acids is 1. The third kappa shape index (κ3) is 7.60. The number of carboxylic acid groups (broad SMARTS) is 1. The Labute approximate surface area is 262 Å². The Morgan fingerprint density at radius 3 is 2.32 bits per heavy atom. The summed E-state index contributed by atoms with van der Waals surface area (Å²) >= 11 is 0. The van der Waals surface area contributed by atoms with Crippen molar-refractivity contribution < 1.29 is 28.6 Å². The van der Waals surface area contributed by atoms with Crippen LogP contribution >= 0.6 is 12.4 Å². The number of aromatic carboxylic acids is 1. The average Bonchev–Trinajstić information content (AvgIpc) is 3.02. The maximum absolute atomic E-state index is 14.0. The molecule has 1 atom stereocenters. The van der Waals surface area contributed by atoms with Crippen LogP contribution in [0.1, 0.15) is 42.1 Å². The van der Waals surface area contributed by atoms with E-state index in [0.29, 0.717) is 34.5 Å². The van der Waals surface area contributed by atoms with Gasteiger partial charge in [0.05, 0.1) is 30.6 Å². The minimum Gasteiger partial charge on any atom is -0.496 e. The summed E-state index contributed by atoms with van der Waals surface area (Å²) in [6.45, 7) is 3.09. The zero-order chi connectivity index (χ0) is 30.3. The van der Waals surface area contributed by atoms with E-state index in [0.717, 1.165) is 25.1 Å². The number of piperidine rings is 1. The minimum absolute atomic E-state index is 0. The number of hydrogen-bond donors (Lipinski definition) is 2. The third-order valence-corrected chi connectivity index (χ3v) is 7.48. The minimum atomic E-state index is -1.10. The summed E-state index contributed by atoms with van der Waals surface area (Å²) < 4.78 is 24.4. The zero-order valence-corrected chi connectivity index (χ0v) is 25.4. The lowest BCUT2D eigenvalue weighted by molar-refractivity contribution is -0.117. The van der Waals surface area contributed by atoms with E-state index < -0.39 is 5.97 Å². The number of carbonyl (C=O) groups is 2. The maximum atomic E-state index is 14.0. The lowest BCUT2D eigenvalue weighted by Crippen LogP contribution is -2.42. The highest BCUT2D eigenvalue weighted by atomic mass is 35.5. The third-order valence-electron chi connectivity index (χ3n) is 7.48. The SMILES string of the molecule is COc1cc(CC(=O)N(Nc2ccc(Oc3ccc(F)cc3)cc2)c2ccccc2N2CCCCC2C)ccc1C(=O)O.Cl. The molecule has 2 N–H and O–H groups in total. The van der Waals surface area contributed by atoms with Crippen LogP contribution in [0.4, 0.5) is 21.5 Å². The summed E-state index contributed by atoms with van der Waals surface area (Å²) in [5.74, 6) is -0.428. The number of nitrogens with zero attached hydrogens (tertiary/aromatic N) is 2. The summed E-state index contributed by atoms with van der Waals surface area (Å²) in [4.78, 5) is 27.9. The molecule has 1 aliphatic heterocycles. The Morgan fingerprint density at radius 2 is 1.66 bits per heavy atom. The molecule has 1 aliphatic rings. The lowest BCUT2D eigenvalue weighted by atomic mass is 10.0. The van der Waals surface area contributed by atoms with Crippen LogP contribution in [0.5, 0.6) is 17.2 Å². The normalized spacial score (nSPS) is 14.2. The molecule has 0 aliphatic carbocycles. The number of ether oxygens (including phenoxy) is 2. The molecule has 0 aromatic heterocycles. The molecular formula is C34H35ClFN3O5. The van der Waals surface area contributed by atoms with E-state index in [4.69, 9.17) is 9.47 Å². The highest BCUT2D eigenvalue weighted by Crippen LogP contribution is 2.35. The zero-order valence-electron chi connectivity index (χ0n) is 24.5. The fourth-order valence-electron chi connectivity index (χ4n) is 5.25. The number of nitrogens with one attached hydrogen (secondary N) is 1. The number of amides is 1. The smallest absolute Gasteiger partial charge is 0.339 e. The first-order chi connectivity index (χ1) is 20.8. The molecule has 0 radical (unpaired) electrons. The molecule has 44 heavy (non-hydrogen) atoms. The molecule has 0 bridgehead atoms. The molecule has 10 heteroatoms. The van der Waals surface area contributed by atoms with Gasteiger partial charge in [0.2, 0.25) is 5.91 Å². The number of rotatable bonds is 10. The van der Waals surface area contributed by atoms with Gasteiger partial charge in [-0.3, -0.25) is 10.2 Å². The van der Waals surface area contributed by atoms with Crippen molar-refractivity contribution >= 4 is 41.3 Å². The Balaban J connectivity index is 0.00000442. The van der Waals surface area contributed by atoms with Gasteiger partial charge in [-0.05, 0) is 105 Å². The first-order valence-corrected chi connectivity index (χ1v) is 14.2. The van der Waals surface area contributed by atoms with Crippen LogP contribution in [0.25, 0.3) is 0 Å². The van der Waals surface area contributed by atoms with Gasteiger partial charge in [-0.25, -0.2) is 14.2 Å². The second kappa shape index (κ2) is 14.6. The molecule has 0 saturated carbocycles. The summed E-state index contributed by atoms with van der Waals surface area (Å²) in [5, 5.41) is 11.0. The second-order valence-electron chi connectivity index (χ2n) is 10.5. The number of hydrogen-bond acceptors (Lipinski definition) is 6. The van der Waals surface area contributed by atoms with E-state index in [-0.39, 0.29) is 41.9 Å². The Hall–Kier alpha value is -4.76. The van der Waals surface area contributed by atoms with Gasteiger partial charge in [-0.15, -0.1) is 12.4 Å².